The zero-order valence-corrected chi connectivity index (χ0v) is 11.0. The lowest BCUT2D eigenvalue weighted by atomic mass is 10.1. The predicted molar refractivity (Wildman–Crippen MR) is 65.5 cm³/mol. The Kier molecular flexibility index (Phi) is 3.61. The second kappa shape index (κ2) is 4.97. The summed E-state index contributed by atoms with van der Waals surface area (Å²) in [5.41, 5.74) is 1.12. The molecule has 2 aromatic rings. The molecule has 84 valence electrons. The van der Waals surface area contributed by atoms with E-state index in [1.807, 2.05) is 24.3 Å². The summed E-state index contributed by atoms with van der Waals surface area (Å²) >= 11 is 9.26. The lowest BCUT2D eigenvalue weighted by Crippen LogP contribution is -1.87. The van der Waals surface area contributed by atoms with Crippen LogP contribution in [0.1, 0.15) is 29.6 Å². The molecule has 1 heterocycles. The first-order valence-electron chi connectivity index (χ1n) is 4.86. The van der Waals surface area contributed by atoms with E-state index in [0.717, 1.165) is 10.0 Å². The van der Waals surface area contributed by atoms with E-state index in [-0.39, 0.29) is 5.38 Å². The smallest absolute Gasteiger partial charge is 0.234 e. The van der Waals surface area contributed by atoms with Gasteiger partial charge in [0.15, 0.2) is 0 Å². The van der Waals surface area contributed by atoms with Crippen LogP contribution in [0.2, 0.25) is 0 Å². The number of rotatable bonds is 3. The van der Waals surface area contributed by atoms with Gasteiger partial charge in [0.1, 0.15) is 5.38 Å². The van der Waals surface area contributed by atoms with E-state index in [0.29, 0.717) is 18.2 Å². The van der Waals surface area contributed by atoms with E-state index >= 15 is 0 Å². The summed E-state index contributed by atoms with van der Waals surface area (Å²) in [5, 5.41) is 7.57. The Morgan fingerprint density at radius 2 is 2.25 bits per heavy atom. The summed E-state index contributed by atoms with van der Waals surface area (Å²) in [5.74, 6) is 1.05. The van der Waals surface area contributed by atoms with Gasteiger partial charge in [0.2, 0.25) is 11.8 Å². The maximum Gasteiger partial charge on any atom is 0.234 e. The van der Waals surface area contributed by atoms with Crippen molar-refractivity contribution in [3.63, 3.8) is 0 Å². The Hall–Kier alpha value is -0.870. The van der Waals surface area contributed by atoms with Crippen LogP contribution in [0.15, 0.2) is 33.2 Å². The van der Waals surface area contributed by atoms with Crippen LogP contribution in [-0.2, 0) is 6.42 Å². The van der Waals surface area contributed by atoms with Crippen molar-refractivity contribution >= 4 is 27.5 Å². The summed E-state index contributed by atoms with van der Waals surface area (Å²) in [6, 6.07) is 7.98. The van der Waals surface area contributed by atoms with Crippen LogP contribution in [0.5, 0.6) is 0 Å². The standard InChI is InChI=1S/C11H10BrClN2O/c1-7(13)11-15-14-10(16-11)6-8-3-2-4-9(12)5-8/h2-5,7H,6H2,1H3. The van der Waals surface area contributed by atoms with Gasteiger partial charge in [-0.3, -0.25) is 0 Å². The molecule has 0 saturated heterocycles. The second-order valence-corrected chi connectivity index (χ2v) is 5.03. The minimum Gasteiger partial charge on any atom is -0.423 e. The highest BCUT2D eigenvalue weighted by atomic mass is 79.9. The number of aromatic nitrogens is 2. The van der Waals surface area contributed by atoms with Crippen molar-refractivity contribution in [1.82, 2.24) is 10.2 Å². The third-order valence-corrected chi connectivity index (χ3v) is 2.75. The summed E-state index contributed by atoms with van der Waals surface area (Å²) in [4.78, 5) is 0. The van der Waals surface area contributed by atoms with Gasteiger partial charge in [-0.05, 0) is 24.6 Å². The van der Waals surface area contributed by atoms with Crippen LogP contribution in [-0.4, -0.2) is 10.2 Å². The van der Waals surface area contributed by atoms with E-state index in [2.05, 4.69) is 26.1 Å². The predicted octanol–water partition coefficient (Wildman–Crippen LogP) is 3.72. The Morgan fingerprint density at radius 3 is 2.88 bits per heavy atom. The van der Waals surface area contributed by atoms with Crippen molar-refractivity contribution in [2.24, 2.45) is 0 Å². The quantitative estimate of drug-likeness (QED) is 0.811. The molecular weight excluding hydrogens is 291 g/mol. The molecule has 2 rings (SSSR count). The topological polar surface area (TPSA) is 38.9 Å². The molecule has 0 spiro atoms. The van der Waals surface area contributed by atoms with Crippen molar-refractivity contribution in [3.8, 4) is 0 Å². The van der Waals surface area contributed by atoms with E-state index in [9.17, 15) is 0 Å². The van der Waals surface area contributed by atoms with E-state index in [1.54, 1.807) is 6.92 Å². The van der Waals surface area contributed by atoms with Crippen molar-refractivity contribution in [3.05, 3.63) is 46.1 Å². The van der Waals surface area contributed by atoms with Gasteiger partial charge in [-0.1, -0.05) is 28.1 Å². The van der Waals surface area contributed by atoms with Crippen molar-refractivity contribution < 1.29 is 4.42 Å². The van der Waals surface area contributed by atoms with Gasteiger partial charge in [-0.15, -0.1) is 21.8 Å². The third kappa shape index (κ3) is 2.83. The first-order chi connectivity index (χ1) is 7.65. The van der Waals surface area contributed by atoms with Crippen LogP contribution in [0.4, 0.5) is 0 Å². The Labute approximate surface area is 107 Å². The number of nitrogens with zero attached hydrogens (tertiary/aromatic N) is 2. The van der Waals surface area contributed by atoms with Gasteiger partial charge in [0, 0.05) is 4.47 Å². The van der Waals surface area contributed by atoms with Crippen molar-refractivity contribution in [2.75, 3.05) is 0 Å². The van der Waals surface area contributed by atoms with Crippen LogP contribution in [0, 0.1) is 0 Å². The highest BCUT2D eigenvalue weighted by Crippen LogP contribution is 2.19. The lowest BCUT2D eigenvalue weighted by molar-refractivity contribution is 0.458. The highest BCUT2D eigenvalue weighted by Gasteiger charge is 2.11. The minimum atomic E-state index is -0.247. The molecule has 1 aromatic heterocycles. The fourth-order valence-corrected chi connectivity index (χ4v) is 1.86. The molecule has 0 radical (unpaired) electrons. The molecule has 1 atom stereocenters. The average Bonchev–Trinajstić information content (AvgIpc) is 2.66. The average molecular weight is 302 g/mol. The number of alkyl halides is 1. The molecule has 0 aliphatic carbocycles. The van der Waals surface area contributed by atoms with Gasteiger partial charge >= 0.3 is 0 Å². The molecule has 16 heavy (non-hydrogen) atoms. The number of benzene rings is 1. The fraction of sp³-hybridized carbons (Fsp3) is 0.273. The van der Waals surface area contributed by atoms with Crippen LogP contribution < -0.4 is 0 Å². The second-order valence-electron chi connectivity index (χ2n) is 3.46. The number of halogens is 2. The molecule has 0 saturated carbocycles. The van der Waals surface area contributed by atoms with E-state index in [4.69, 9.17) is 16.0 Å². The van der Waals surface area contributed by atoms with Crippen LogP contribution in [0.3, 0.4) is 0 Å². The molecule has 0 N–H and O–H groups in total. The maximum absolute atomic E-state index is 5.84. The number of hydrogen-bond donors (Lipinski definition) is 0. The summed E-state index contributed by atoms with van der Waals surface area (Å²) < 4.78 is 6.46. The van der Waals surface area contributed by atoms with Gasteiger partial charge in [0.05, 0.1) is 6.42 Å². The van der Waals surface area contributed by atoms with Gasteiger partial charge in [0.25, 0.3) is 0 Å². The third-order valence-electron chi connectivity index (χ3n) is 2.07. The molecule has 0 aliphatic heterocycles. The van der Waals surface area contributed by atoms with Gasteiger partial charge < -0.3 is 4.42 Å². The summed E-state index contributed by atoms with van der Waals surface area (Å²) in [6.45, 7) is 1.80. The molecule has 1 unspecified atom stereocenters. The summed E-state index contributed by atoms with van der Waals surface area (Å²) in [6.07, 6.45) is 0.621. The summed E-state index contributed by atoms with van der Waals surface area (Å²) in [7, 11) is 0. The molecule has 1 aromatic carbocycles. The fourth-order valence-electron chi connectivity index (χ4n) is 1.32. The zero-order valence-electron chi connectivity index (χ0n) is 8.65. The monoisotopic (exact) mass is 300 g/mol. The number of hydrogen-bond acceptors (Lipinski definition) is 3. The van der Waals surface area contributed by atoms with Gasteiger partial charge in [-0.2, -0.15) is 0 Å². The Morgan fingerprint density at radius 1 is 1.44 bits per heavy atom. The molecule has 0 bridgehead atoms. The molecule has 0 amide bonds. The Bertz CT molecular complexity index is 484. The Balaban J connectivity index is 2.14. The normalized spacial score (nSPS) is 12.7. The maximum atomic E-state index is 5.84. The molecule has 5 heteroatoms. The SMILES string of the molecule is CC(Cl)c1nnc(Cc2cccc(Br)c2)o1. The molecule has 0 fully saturated rings. The molecule has 0 aliphatic rings. The molecule has 3 nitrogen and oxygen atoms in total. The van der Waals surface area contributed by atoms with Crippen LogP contribution in [0.25, 0.3) is 0 Å². The highest BCUT2D eigenvalue weighted by molar-refractivity contribution is 9.10. The lowest BCUT2D eigenvalue weighted by Gasteiger charge is -1.97. The van der Waals surface area contributed by atoms with Gasteiger partial charge in [-0.25, -0.2) is 0 Å². The molecular formula is C11H10BrClN2O. The minimum absolute atomic E-state index is 0.247. The van der Waals surface area contributed by atoms with Crippen LogP contribution >= 0.6 is 27.5 Å². The first kappa shape index (κ1) is 11.6. The largest absolute Gasteiger partial charge is 0.423 e. The first-order valence-corrected chi connectivity index (χ1v) is 6.09. The zero-order chi connectivity index (χ0) is 11.5. The van der Waals surface area contributed by atoms with Crippen molar-refractivity contribution in [1.29, 1.82) is 0 Å². The van der Waals surface area contributed by atoms with E-state index in [1.165, 1.54) is 0 Å². The van der Waals surface area contributed by atoms with Crippen molar-refractivity contribution in [2.45, 2.75) is 18.7 Å². The van der Waals surface area contributed by atoms with E-state index < -0.39 is 0 Å².